The first-order chi connectivity index (χ1) is 10.7. The van der Waals surface area contributed by atoms with E-state index >= 15 is 0 Å². The molecule has 3 rings (SSSR count). The van der Waals surface area contributed by atoms with E-state index in [1.54, 1.807) is 6.92 Å². The number of aliphatic hydroxyl groups excluding tert-OH is 1. The molecule has 0 spiro atoms. The number of halogens is 1. The lowest BCUT2D eigenvalue weighted by Gasteiger charge is -2.22. The average molecular weight is 335 g/mol. The Labute approximate surface area is 144 Å². The monoisotopic (exact) mass is 334 g/mol. The van der Waals surface area contributed by atoms with Gasteiger partial charge in [-0.15, -0.1) is 0 Å². The van der Waals surface area contributed by atoms with Crippen LogP contribution >= 0.6 is 0 Å². The van der Waals surface area contributed by atoms with E-state index in [0.29, 0.717) is 6.04 Å². The van der Waals surface area contributed by atoms with Crippen molar-refractivity contribution < 1.29 is 21.9 Å². The summed E-state index contributed by atoms with van der Waals surface area (Å²) in [4.78, 5) is 0. The minimum absolute atomic E-state index is 0. The van der Waals surface area contributed by atoms with Crippen LogP contribution < -0.4 is 17.7 Å². The largest absolute Gasteiger partial charge is 1.00 e. The topological polar surface area (TPSA) is 45.4 Å². The van der Waals surface area contributed by atoms with Gasteiger partial charge in [-0.05, 0) is 37.5 Å². The third kappa shape index (κ3) is 4.84. The number of rotatable bonds is 5. The predicted molar refractivity (Wildman–Crippen MR) is 88.5 cm³/mol. The van der Waals surface area contributed by atoms with E-state index < -0.39 is 6.10 Å². The van der Waals surface area contributed by atoms with Gasteiger partial charge in [-0.2, -0.15) is 0 Å². The van der Waals surface area contributed by atoms with Gasteiger partial charge in [0.2, 0.25) is 0 Å². The van der Waals surface area contributed by atoms with Crippen LogP contribution in [-0.2, 0) is 6.54 Å². The zero-order valence-corrected chi connectivity index (χ0v) is 14.4. The molecule has 1 aromatic heterocycles. The van der Waals surface area contributed by atoms with E-state index in [4.69, 9.17) is 4.42 Å². The van der Waals surface area contributed by atoms with Gasteiger partial charge in [0.05, 0.1) is 12.6 Å². The van der Waals surface area contributed by atoms with E-state index in [0.717, 1.165) is 29.2 Å². The summed E-state index contributed by atoms with van der Waals surface area (Å²) in [7, 11) is 0. The first-order valence-corrected chi connectivity index (χ1v) is 8.33. The molecule has 1 fully saturated rings. The Bertz CT molecular complexity index is 586. The van der Waals surface area contributed by atoms with Gasteiger partial charge in [0, 0.05) is 11.6 Å². The zero-order valence-electron chi connectivity index (χ0n) is 13.6. The number of aliphatic hydroxyl groups is 1. The second kappa shape index (κ2) is 8.53. The SMILES string of the molecule is CC(O)c1ccc(-c2ccc(CNC3CCCCC3)o2)cc1.[Cl-]. The van der Waals surface area contributed by atoms with Gasteiger partial charge in [-0.1, -0.05) is 43.5 Å². The molecule has 2 N–H and O–H groups in total. The second-order valence-electron chi connectivity index (χ2n) is 6.28. The molecule has 1 aliphatic rings. The Balaban J connectivity index is 0.00000192. The normalized spacial score (nSPS) is 16.8. The second-order valence-corrected chi connectivity index (χ2v) is 6.28. The molecule has 1 heterocycles. The summed E-state index contributed by atoms with van der Waals surface area (Å²) in [6, 6.07) is 12.6. The highest BCUT2D eigenvalue weighted by Gasteiger charge is 2.13. The van der Waals surface area contributed by atoms with Crippen molar-refractivity contribution in [3.63, 3.8) is 0 Å². The lowest BCUT2D eigenvalue weighted by molar-refractivity contribution is -0.00000705. The van der Waals surface area contributed by atoms with Crippen LogP contribution in [0.1, 0.15) is 56.5 Å². The van der Waals surface area contributed by atoms with Crippen molar-refractivity contribution in [2.24, 2.45) is 0 Å². The first kappa shape index (κ1) is 18.1. The maximum absolute atomic E-state index is 9.55. The highest BCUT2D eigenvalue weighted by atomic mass is 35.5. The van der Waals surface area contributed by atoms with Gasteiger partial charge < -0.3 is 27.2 Å². The minimum Gasteiger partial charge on any atom is -1.00 e. The number of nitrogens with one attached hydrogen (secondary N) is 1. The Morgan fingerprint density at radius 3 is 2.43 bits per heavy atom. The van der Waals surface area contributed by atoms with Crippen LogP contribution in [0.2, 0.25) is 0 Å². The van der Waals surface area contributed by atoms with Crippen LogP contribution in [0.3, 0.4) is 0 Å². The average Bonchev–Trinajstić information content (AvgIpc) is 3.03. The zero-order chi connectivity index (χ0) is 15.4. The van der Waals surface area contributed by atoms with Crippen LogP contribution in [0.4, 0.5) is 0 Å². The smallest absolute Gasteiger partial charge is 0.134 e. The van der Waals surface area contributed by atoms with Crippen molar-refractivity contribution in [3.05, 3.63) is 47.7 Å². The third-order valence-corrected chi connectivity index (χ3v) is 4.51. The highest BCUT2D eigenvalue weighted by Crippen LogP contribution is 2.24. The molecule has 0 amide bonds. The maximum atomic E-state index is 9.55. The molecule has 1 unspecified atom stereocenters. The number of benzene rings is 1. The number of furan rings is 1. The lowest BCUT2D eigenvalue weighted by Crippen LogP contribution is -3.00. The van der Waals surface area contributed by atoms with Crippen molar-refractivity contribution in [3.8, 4) is 11.3 Å². The molecule has 0 aliphatic heterocycles. The van der Waals surface area contributed by atoms with Gasteiger partial charge in [-0.3, -0.25) is 0 Å². The van der Waals surface area contributed by atoms with Crippen molar-refractivity contribution in [1.82, 2.24) is 5.32 Å². The molecule has 1 saturated carbocycles. The molecule has 1 atom stereocenters. The predicted octanol–water partition coefficient (Wildman–Crippen LogP) is 1.43. The molecule has 23 heavy (non-hydrogen) atoms. The summed E-state index contributed by atoms with van der Waals surface area (Å²) in [5.41, 5.74) is 1.97. The summed E-state index contributed by atoms with van der Waals surface area (Å²) >= 11 is 0. The standard InChI is InChI=1S/C19H25NO2.ClH/c1-14(21)15-7-9-16(10-8-15)19-12-11-18(22-19)13-20-17-5-3-2-4-6-17;/h7-12,14,17,20-21H,2-6,13H2,1H3;1H/p-1. The van der Waals surface area contributed by atoms with E-state index in [-0.39, 0.29) is 12.4 Å². The molecule has 1 aromatic carbocycles. The summed E-state index contributed by atoms with van der Waals surface area (Å²) in [6.45, 7) is 2.58. The quantitative estimate of drug-likeness (QED) is 0.869. The van der Waals surface area contributed by atoms with Gasteiger partial charge in [-0.25, -0.2) is 0 Å². The molecule has 0 saturated heterocycles. The van der Waals surface area contributed by atoms with Gasteiger partial charge in [0.1, 0.15) is 11.5 Å². The molecule has 1 aliphatic carbocycles. The highest BCUT2D eigenvalue weighted by molar-refractivity contribution is 5.58. The number of hydrogen-bond donors (Lipinski definition) is 2. The fourth-order valence-corrected chi connectivity index (χ4v) is 3.11. The van der Waals surface area contributed by atoms with Crippen LogP contribution in [0, 0.1) is 0 Å². The Hall–Kier alpha value is -1.29. The van der Waals surface area contributed by atoms with E-state index in [1.807, 2.05) is 36.4 Å². The molecular formula is C19H25ClNO2-. The van der Waals surface area contributed by atoms with Gasteiger partial charge >= 0.3 is 0 Å². The lowest BCUT2D eigenvalue weighted by atomic mass is 9.95. The molecule has 0 bridgehead atoms. The summed E-state index contributed by atoms with van der Waals surface area (Å²) in [5.74, 6) is 1.87. The van der Waals surface area contributed by atoms with Crippen LogP contribution in [-0.4, -0.2) is 11.1 Å². The fourth-order valence-electron chi connectivity index (χ4n) is 3.11. The minimum atomic E-state index is -0.430. The molecular weight excluding hydrogens is 310 g/mol. The van der Waals surface area contributed by atoms with E-state index in [2.05, 4.69) is 5.32 Å². The first-order valence-electron chi connectivity index (χ1n) is 8.33. The number of hydrogen-bond acceptors (Lipinski definition) is 3. The molecule has 126 valence electrons. The van der Waals surface area contributed by atoms with Gasteiger partial charge in [0.25, 0.3) is 0 Å². The summed E-state index contributed by atoms with van der Waals surface area (Å²) < 4.78 is 5.94. The Kier molecular flexibility index (Phi) is 6.70. The van der Waals surface area contributed by atoms with Gasteiger partial charge in [0.15, 0.2) is 0 Å². The van der Waals surface area contributed by atoms with Crippen molar-refractivity contribution >= 4 is 0 Å². The van der Waals surface area contributed by atoms with Crippen molar-refractivity contribution in [1.29, 1.82) is 0 Å². The summed E-state index contributed by atoms with van der Waals surface area (Å²) in [6.07, 6.45) is 6.21. The molecule has 0 radical (unpaired) electrons. The molecule has 3 nitrogen and oxygen atoms in total. The summed E-state index contributed by atoms with van der Waals surface area (Å²) in [5, 5.41) is 13.2. The molecule has 2 aromatic rings. The van der Waals surface area contributed by atoms with Crippen LogP contribution in [0.25, 0.3) is 11.3 Å². The van der Waals surface area contributed by atoms with Crippen molar-refractivity contribution in [2.75, 3.05) is 0 Å². The molecule has 4 heteroatoms. The van der Waals surface area contributed by atoms with Crippen molar-refractivity contribution in [2.45, 2.75) is 57.7 Å². The van der Waals surface area contributed by atoms with Crippen LogP contribution in [0.15, 0.2) is 40.8 Å². The third-order valence-electron chi connectivity index (χ3n) is 4.51. The Morgan fingerprint density at radius 2 is 1.78 bits per heavy atom. The van der Waals surface area contributed by atoms with E-state index in [1.165, 1.54) is 32.1 Å². The fraction of sp³-hybridized carbons (Fsp3) is 0.474. The van der Waals surface area contributed by atoms with Crippen LogP contribution in [0.5, 0.6) is 0 Å². The maximum Gasteiger partial charge on any atom is 0.134 e. The Morgan fingerprint density at radius 1 is 1.09 bits per heavy atom. The van der Waals surface area contributed by atoms with E-state index in [9.17, 15) is 5.11 Å².